The monoisotopic (exact) mass is 386 g/mol. The molecular weight excluding hydrogens is 362 g/mol. The number of quaternary nitrogens is 1. The number of aryl methyl sites for hydroxylation is 1. The Bertz CT molecular complexity index is 944. The van der Waals surface area contributed by atoms with Gasteiger partial charge in [-0.1, -0.05) is 48.6 Å². The Kier molecular flexibility index (Phi) is 4.84. The summed E-state index contributed by atoms with van der Waals surface area (Å²) in [5, 5.41) is 15.3. The fourth-order valence-electron chi connectivity index (χ4n) is 3.74. The number of hydrogen-bond donors (Lipinski definition) is 2. The van der Waals surface area contributed by atoms with Crippen LogP contribution in [-0.2, 0) is 11.2 Å². The average molecular weight is 387 g/mol. The second-order valence-electron chi connectivity index (χ2n) is 6.87. The van der Waals surface area contributed by atoms with Gasteiger partial charge < -0.3 is 14.9 Å². The minimum absolute atomic E-state index is 0.00103. The highest BCUT2D eigenvalue weighted by atomic mass is 32.1. The molecule has 1 fully saturated rings. The van der Waals surface area contributed by atoms with Gasteiger partial charge in [-0.25, -0.2) is 4.98 Å². The number of carbonyl (C=O) groups excluding carboxylic acids is 1. The minimum atomic E-state index is -0.00103. The van der Waals surface area contributed by atoms with Crippen molar-refractivity contribution in [1.29, 1.82) is 0 Å². The SMILES string of the molecule is CCc1nc2sc([C@@H](c3ccccc3)[NH+]3CCN(C(C)=O)CC3)c(O)n2n1. The summed E-state index contributed by atoms with van der Waals surface area (Å²) in [6.45, 7) is 6.77. The zero-order chi connectivity index (χ0) is 19.0. The molecule has 7 nitrogen and oxygen atoms in total. The normalized spacial score (nSPS) is 16.7. The summed E-state index contributed by atoms with van der Waals surface area (Å²) < 4.78 is 1.56. The lowest BCUT2D eigenvalue weighted by Crippen LogP contribution is -3.15. The maximum absolute atomic E-state index is 11.7. The Balaban J connectivity index is 1.72. The molecule has 0 radical (unpaired) electrons. The number of aromatic nitrogens is 3. The smallest absolute Gasteiger partial charge is 0.235 e. The molecule has 1 atom stereocenters. The highest BCUT2D eigenvalue weighted by molar-refractivity contribution is 7.17. The van der Waals surface area contributed by atoms with E-state index in [0.29, 0.717) is 0 Å². The molecule has 3 aromatic rings. The highest BCUT2D eigenvalue weighted by Gasteiger charge is 2.35. The van der Waals surface area contributed by atoms with Crippen LogP contribution in [0.5, 0.6) is 5.88 Å². The quantitative estimate of drug-likeness (QED) is 0.699. The Hall–Kier alpha value is -2.45. The number of hydrogen-bond acceptors (Lipinski definition) is 5. The Morgan fingerprint density at radius 1 is 1.30 bits per heavy atom. The van der Waals surface area contributed by atoms with Crippen molar-refractivity contribution in [2.24, 2.45) is 0 Å². The van der Waals surface area contributed by atoms with Crippen molar-refractivity contribution < 1.29 is 14.8 Å². The summed E-state index contributed by atoms with van der Waals surface area (Å²) in [4.78, 5) is 21.0. The summed E-state index contributed by atoms with van der Waals surface area (Å²) in [6.07, 6.45) is 0.740. The first-order chi connectivity index (χ1) is 13.1. The number of benzene rings is 1. The van der Waals surface area contributed by atoms with Gasteiger partial charge in [-0.05, 0) is 0 Å². The number of amides is 1. The van der Waals surface area contributed by atoms with Gasteiger partial charge >= 0.3 is 0 Å². The topological polar surface area (TPSA) is 75.2 Å². The first-order valence-electron chi connectivity index (χ1n) is 9.30. The van der Waals surface area contributed by atoms with Crippen LogP contribution in [0.25, 0.3) is 4.96 Å². The number of rotatable bonds is 4. The first kappa shape index (κ1) is 17.9. The molecule has 0 bridgehead atoms. The molecule has 1 aliphatic heterocycles. The highest BCUT2D eigenvalue weighted by Crippen LogP contribution is 2.35. The third kappa shape index (κ3) is 3.30. The minimum Gasteiger partial charge on any atom is -0.492 e. The van der Waals surface area contributed by atoms with Crippen molar-refractivity contribution in [2.45, 2.75) is 26.3 Å². The number of carbonyl (C=O) groups is 1. The van der Waals surface area contributed by atoms with Crippen molar-refractivity contribution in [1.82, 2.24) is 19.5 Å². The van der Waals surface area contributed by atoms with Gasteiger partial charge in [-0.3, -0.25) is 4.79 Å². The molecule has 4 rings (SSSR count). The molecule has 0 aliphatic carbocycles. The molecule has 1 aromatic carbocycles. The Labute approximate surface area is 161 Å². The summed E-state index contributed by atoms with van der Waals surface area (Å²) in [7, 11) is 0. The van der Waals surface area contributed by atoms with Gasteiger partial charge in [0.1, 0.15) is 4.88 Å². The van der Waals surface area contributed by atoms with Crippen molar-refractivity contribution in [3.05, 3.63) is 46.6 Å². The van der Waals surface area contributed by atoms with E-state index in [9.17, 15) is 9.90 Å². The molecular formula is C19H24N5O2S+. The van der Waals surface area contributed by atoms with E-state index in [1.54, 1.807) is 11.4 Å². The van der Waals surface area contributed by atoms with E-state index >= 15 is 0 Å². The van der Waals surface area contributed by atoms with Gasteiger partial charge in [0, 0.05) is 18.9 Å². The van der Waals surface area contributed by atoms with E-state index in [-0.39, 0.29) is 17.8 Å². The predicted molar refractivity (Wildman–Crippen MR) is 103 cm³/mol. The lowest BCUT2D eigenvalue weighted by Gasteiger charge is -2.36. The Morgan fingerprint density at radius 2 is 2.00 bits per heavy atom. The van der Waals surface area contributed by atoms with Crippen LogP contribution in [0.2, 0.25) is 0 Å². The lowest BCUT2D eigenvalue weighted by atomic mass is 10.0. The molecule has 1 saturated heterocycles. The van der Waals surface area contributed by atoms with Gasteiger partial charge in [0.2, 0.25) is 16.7 Å². The summed E-state index contributed by atoms with van der Waals surface area (Å²) >= 11 is 1.50. The molecule has 1 amide bonds. The molecule has 0 unspecified atom stereocenters. The van der Waals surface area contributed by atoms with Crippen LogP contribution in [0.1, 0.15) is 36.2 Å². The number of piperazine rings is 1. The Morgan fingerprint density at radius 3 is 2.59 bits per heavy atom. The fraction of sp³-hybridized carbons (Fsp3) is 0.421. The number of thiazole rings is 1. The summed E-state index contributed by atoms with van der Waals surface area (Å²) in [5.41, 5.74) is 1.15. The summed E-state index contributed by atoms with van der Waals surface area (Å²) in [5.74, 6) is 1.04. The van der Waals surface area contributed by atoms with E-state index in [4.69, 9.17) is 0 Å². The standard InChI is InChI=1S/C19H23N5O2S/c1-3-15-20-19-24(21-15)18(26)17(27-19)16(14-7-5-4-6-8-14)23-11-9-22(10-12-23)13(2)25/h4-8,16,26H,3,9-12H2,1-2H3/p+1/t16-/m1/s1. The van der Waals surface area contributed by atoms with Crippen LogP contribution < -0.4 is 4.90 Å². The number of nitrogens with one attached hydrogen (secondary N) is 1. The molecule has 0 saturated carbocycles. The van der Waals surface area contributed by atoms with Crippen LogP contribution in [0.15, 0.2) is 30.3 Å². The van der Waals surface area contributed by atoms with Crippen molar-refractivity contribution in [2.75, 3.05) is 26.2 Å². The molecule has 142 valence electrons. The molecule has 0 spiro atoms. The van der Waals surface area contributed by atoms with Crippen molar-refractivity contribution >= 4 is 22.2 Å². The van der Waals surface area contributed by atoms with Crippen LogP contribution in [0, 0.1) is 0 Å². The zero-order valence-corrected chi connectivity index (χ0v) is 16.4. The lowest BCUT2D eigenvalue weighted by molar-refractivity contribution is -0.929. The van der Waals surface area contributed by atoms with E-state index in [0.717, 1.165) is 53.8 Å². The van der Waals surface area contributed by atoms with Crippen molar-refractivity contribution in [3.63, 3.8) is 0 Å². The second kappa shape index (κ2) is 7.28. The molecule has 2 N–H and O–H groups in total. The maximum Gasteiger partial charge on any atom is 0.235 e. The van der Waals surface area contributed by atoms with Gasteiger partial charge in [-0.2, -0.15) is 4.52 Å². The van der Waals surface area contributed by atoms with E-state index < -0.39 is 0 Å². The van der Waals surface area contributed by atoms with Crippen LogP contribution >= 0.6 is 11.3 Å². The number of aromatic hydroxyl groups is 1. The third-order valence-corrected chi connectivity index (χ3v) is 6.30. The molecule has 8 heteroatoms. The van der Waals surface area contributed by atoms with E-state index in [1.807, 2.05) is 30.0 Å². The van der Waals surface area contributed by atoms with Gasteiger partial charge in [0.25, 0.3) is 0 Å². The zero-order valence-electron chi connectivity index (χ0n) is 15.6. The van der Waals surface area contributed by atoms with E-state index in [1.165, 1.54) is 16.2 Å². The molecule has 1 aliphatic rings. The average Bonchev–Trinajstić information content (AvgIpc) is 3.23. The van der Waals surface area contributed by atoms with Crippen molar-refractivity contribution in [3.8, 4) is 5.88 Å². The van der Waals surface area contributed by atoms with Crippen LogP contribution in [0.3, 0.4) is 0 Å². The van der Waals surface area contributed by atoms with Crippen LogP contribution in [0.4, 0.5) is 0 Å². The second-order valence-corrected chi connectivity index (χ2v) is 7.88. The maximum atomic E-state index is 11.7. The molecule has 2 aromatic heterocycles. The largest absolute Gasteiger partial charge is 0.492 e. The third-order valence-electron chi connectivity index (χ3n) is 5.21. The van der Waals surface area contributed by atoms with Gasteiger partial charge in [-0.15, -0.1) is 5.10 Å². The van der Waals surface area contributed by atoms with Crippen LogP contribution in [-0.4, -0.2) is 56.7 Å². The van der Waals surface area contributed by atoms with E-state index in [2.05, 4.69) is 22.2 Å². The first-order valence-corrected chi connectivity index (χ1v) is 10.1. The summed E-state index contributed by atoms with van der Waals surface area (Å²) in [6, 6.07) is 10.2. The predicted octanol–water partition coefficient (Wildman–Crippen LogP) is 0.895. The molecule has 3 heterocycles. The molecule has 27 heavy (non-hydrogen) atoms. The number of nitrogens with zero attached hydrogens (tertiary/aromatic N) is 4. The number of fused-ring (bicyclic) bond motifs is 1. The fourth-order valence-corrected chi connectivity index (χ4v) is 4.90. The van der Waals surface area contributed by atoms with Gasteiger partial charge in [0.05, 0.1) is 26.2 Å². The van der Waals surface area contributed by atoms with Gasteiger partial charge in [0.15, 0.2) is 11.9 Å².